The standard InChI is InChI=1S/C14H17BrN2/c15-13-7-6-12-10-17(16-14(12)8-13)9-11-4-2-1-3-5-11/h6-8,10-11H,1-5,9H2. The lowest BCUT2D eigenvalue weighted by Gasteiger charge is -2.21. The van der Waals surface area contributed by atoms with Gasteiger partial charge in [0.1, 0.15) is 0 Å². The van der Waals surface area contributed by atoms with Gasteiger partial charge < -0.3 is 0 Å². The van der Waals surface area contributed by atoms with Gasteiger partial charge in [-0.1, -0.05) is 41.3 Å². The highest BCUT2D eigenvalue weighted by Crippen LogP contribution is 2.26. The van der Waals surface area contributed by atoms with Crippen molar-refractivity contribution in [3.05, 3.63) is 28.9 Å². The summed E-state index contributed by atoms with van der Waals surface area (Å²) >= 11 is 3.49. The molecule has 0 atom stereocenters. The molecule has 0 spiro atoms. The quantitative estimate of drug-likeness (QED) is 0.803. The van der Waals surface area contributed by atoms with E-state index in [-0.39, 0.29) is 0 Å². The molecular formula is C14H17BrN2. The Balaban J connectivity index is 1.80. The normalized spacial score (nSPS) is 17.7. The molecule has 3 rings (SSSR count). The molecule has 0 radical (unpaired) electrons. The minimum atomic E-state index is 0.835. The molecular weight excluding hydrogens is 276 g/mol. The second kappa shape index (κ2) is 4.81. The number of benzene rings is 1. The van der Waals surface area contributed by atoms with Crippen molar-refractivity contribution < 1.29 is 0 Å². The van der Waals surface area contributed by atoms with Crippen molar-refractivity contribution in [2.24, 2.45) is 5.92 Å². The van der Waals surface area contributed by atoms with E-state index in [2.05, 4.69) is 50.1 Å². The second-order valence-electron chi connectivity index (χ2n) is 5.06. The Bertz CT molecular complexity index is 512. The maximum Gasteiger partial charge on any atom is 0.0934 e. The summed E-state index contributed by atoms with van der Waals surface area (Å²) < 4.78 is 3.24. The van der Waals surface area contributed by atoms with Crippen LogP contribution >= 0.6 is 15.9 Å². The van der Waals surface area contributed by atoms with E-state index in [0.717, 1.165) is 22.5 Å². The molecule has 0 bridgehead atoms. The third-order valence-corrected chi connectivity index (χ3v) is 4.18. The summed E-state index contributed by atoms with van der Waals surface area (Å²) in [7, 11) is 0. The lowest BCUT2D eigenvalue weighted by molar-refractivity contribution is 0.309. The van der Waals surface area contributed by atoms with E-state index >= 15 is 0 Å². The predicted octanol–water partition coefficient (Wildman–Crippen LogP) is 4.38. The lowest BCUT2D eigenvalue weighted by Crippen LogP contribution is -2.14. The predicted molar refractivity (Wildman–Crippen MR) is 74.0 cm³/mol. The first-order chi connectivity index (χ1) is 8.31. The number of hydrogen-bond donors (Lipinski definition) is 0. The van der Waals surface area contributed by atoms with E-state index in [4.69, 9.17) is 0 Å². The molecule has 0 unspecified atom stereocenters. The van der Waals surface area contributed by atoms with Crippen molar-refractivity contribution in [2.45, 2.75) is 38.6 Å². The number of aromatic nitrogens is 2. The highest BCUT2D eigenvalue weighted by atomic mass is 79.9. The zero-order chi connectivity index (χ0) is 11.7. The molecule has 90 valence electrons. The minimum Gasteiger partial charge on any atom is -0.271 e. The number of hydrogen-bond acceptors (Lipinski definition) is 1. The van der Waals surface area contributed by atoms with Crippen LogP contribution in [0.1, 0.15) is 32.1 Å². The molecule has 1 aromatic heterocycles. The molecule has 0 aliphatic heterocycles. The van der Waals surface area contributed by atoms with Gasteiger partial charge in [-0.2, -0.15) is 5.10 Å². The monoisotopic (exact) mass is 292 g/mol. The van der Waals surface area contributed by atoms with Gasteiger partial charge in [-0.3, -0.25) is 4.68 Å². The molecule has 1 aromatic carbocycles. The number of rotatable bonds is 2. The molecule has 0 N–H and O–H groups in total. The van der Waals surface area contributed by atoms with Crippen LogP contribution in [-0.4, -0.2) is 9.78 Å². The summed E-state index contributed by atoms with van der Waals surface area (Å²) in [5, 5.41) is 5.89. The Morgan fingerprint density at radius 2 is 2.06 bits per heavy atom. The SMILES string of the molecule is Brc1ccc2cn(CC3CCCCC3)nc2c1. The largest absolute Gasteiger partial charge is 0.271 e. The van der Waals surface area contributed by atoms with E-state index in [1.54, 1.807) is 0 Å². The summed E-state index contributed by atoms with van der Waals surface area (Å²) in [6.07, 6.45) is 9.15. The highest BCUT2D eigenvalue weighted by Gasteiger charge is 2.14. The first kappa shape index (κ1) is 11.3. The van der Waals surface area contributed by atoms with Crippen molar-refractivity contribution in [2.75, 3.05) is 0 Å². The van der Waals surface area contributed by atoms with Gasteiger partial charge in [0.05, 0.1) is 5.52 Å². The van der Waals surface area contributed by atoms with Crippen molar-refractivity contribution in [1.29, 1.82) is 0 Å². The van der Waals surface area contributed by atoms with Gasteiger partial charge in [0.25, 0.3) is 0 Å². The van der Waals surface area contributed by atoms with Crippen LogP contribution in [0, 0.1) is 5.92 Å². The molecule has 0 saturated heterocycles. The summed E-state index contributed by atoms with van der Waals surface area (Å²) in [6, 6.07) is 6.30. The number of fused-ring (bicyclic) bond motifs is 1. The topological polar surface area (TPSA) is 17.8 Å². The Morgan fingerprint density at radius 3 is 2.88 bits per heavy atom. The molecule has 1 heterocycles. The zero-order valence-electron chi connectivity index (χ0n) is 9.90. The Labute approximate surface area is 110 Å². The summed E-state index contributed by atoms with van der Waals surface area (Å²) in [4.78, 5) is 0. The van der Waals surface area contributed by atoms with Crippen LogP contribution < -0.4 is 0 Å². The Kier molecular flexibility index (Phi) is 3.19. The molecule has 0 amide bonds. The second-order valence-corrected chi connectivity index (χ2v) is 5.97. The van der Waals surface area contributed by atoms with E-state index in [0.29, 0.717) is 0 Å². The van der Waals surface area contributed by atoms with Crippen LogP contribution in [0.15, 0.2) is 28.9 Å². The zero-order valence-corrected chi connectivity index (χ0v) is 11.5. The average molecular weight is 293 g/mol. The number of nitrogens with zero attached hydrogens (tertiary/aromatic N) is 2. The average Bonchev–Trinajstić information content (AvgIpc) is 2.71. The van der Waals surface area contributed by atoms with Crippen LogP contribution in [0.25, 0.3) is 10.9 Å². The van der Waals surface area contributed by atoms with E-state index in [1.165, 1.54) is 37.5 Å². The molecule has 1 aliphatic carbocycles. The van der Waals surface area contributed by atoms with Crippen molar-refractivity contribution in [3.63, 3.8) is 0 Å². The van der Waals surface area contributed by atoms with Gasteiger partial charge in [-0.25, -0.2) is 0 Å². The molecule has 1 saturated carbocycles. The molecule has 2 nitrogen and oxygen atoms in total. The van der Waals surface area contributed by atoms with Crippen molar-refractivity contribution in [3.8, 4) is 0 Å². The van der Waals surface area contributed by atoms with Gasteiger partial charge in [-0.15, -0.1) is 0 Å². The molecule has 2 aromatic rings. The maximum atomic E-state index is 4.65. The van der Waals surface area contributed by atoms with Crippen molar-refractivity contribution >= 4 is 26.8 Å². The van der Waals surface area contributed by atoms with Crippen LogP contribution in [0.4, 0.5) is 0 Å². The van der Waals surface area contributed by atoms with Crippen molar-refractivity contribution in [1.82, 2.24) is 9.78 Å². The molecule has 17 heavy (non-hydrogen) atoms. The van der Waals surface area contributed by atoms with Gasteiger partial charge >= 0.3 is 0 Å². The van der Waals surface area contributed by atoms with Gasteiger partial charge in [0.2, 0.25) is 0 Å². The van der Waals surface area contributed by atoms with E-state index in [1.807, 2.05) is 0 Å². The minimum absolute atomic E-state index is 0.835. The summed E-state index contributed by atoms with van der Waals surface area (Å²) in [5.41, 5.74) is 1.09. The first-order valence-electron chi connectivity index (χ1n) is 6.44. The van der Waals surface area contributed by atoms with E-state index in [9.17, 15) is 0 Å². The fourth-order valence-electron chi connectivity index (χ4n) is 2.77. The van der Waals surface area contributed by atoms with Gasteiger partial charge in [0.15, 0.2) is 0 Å². The lowest BCUT2D eigenvalue weighted by atomic mass is 9.89. The Hall–Kier alpha value is -0.830. The molecule has 3 heteroatoms. The highest BCUT2D eigenvalue weighted by molar-refractivity contribution is 9.10. The van der Waals surface area contributed by atoms with Gasteiger partial charge in [0, 0.05) is 22.6 Å². The van der Waals surface area contributed by atoms with E-state index < -0.39 is 0 Å². The summed E-state index contributed by atoms with van der Waals surface area (Å²) in [6.45, 7) is 1.09. The van der Waals surface area contributed by atoms with Crippen LogP contribution in [-0.2, 0) is 6.54 Å². The van der Waals surface area contributed by atoms with Gasteiger partial charge in [-0.05, 0) is 30.9 Å². The third kappa shape index (κ3) is 2.54. The third-order valence-electron chi connectivity index (χ3n) is 3.69. The van der Waals surface area contributed by atoms with Crippen LogP contribution in [0.2, 0.25) is 0 Å². The fourth-order valence-corrected chi connectivity index (χ4v) is 3.12. The number of halogens is 1. The maximum absolute atomic E-state index is 4.65. The Morgan fingerprint density at radius 1 is 1.24 bits per heavy atom. The van der Waals surface area contributed by atoms with Crippen LogP contribution in [0.3, 0.4) is 0 Å². The first-order valence-corrected chi connectivity index (χ1v) is 7.23. The van der Waals surface area contributed by atoms with Crippen LogP contribution in [0.5, 0.6) is 0 Å². The fraction of sp³-hybridized carbons (Fsp3) is 0.500. The molecule has 1 fully saturated rings. The summed E-state index contributed by atoms with van der Waals surface area (Å²) in [5.74, 6) is 0.835. The molecule has 1 aliphatic rings. The smallest absolute Gasteiger partial charge is 0.0934 e.